The van der Waals surface area contributed by atoms with Gasteiger partial charge in [0.25, 0.3) is 0 Å². The Morgan fingerprint density at radius 3 is 2.79 bits per heavy atom. The first-order valence-corrected chi connectivity index (χ1v) is 3.97. The highest BCUT2D eigenvalue weighted by Crippen LogP contribution is 2.26. The van der Waals surface area contributed by atoms with Crippen molar-refractivity contribution in [3.05, 3.63) is 24.6 Å². The minimum Gasteiger partial charge on any atom is -0.474 e. The number of rotatable bonds is 3. The van der Waals surface area contributed by atoms with Gasteiger partial charge in [0.15, 0.2) is 0 Å². The molecule has 0 fully saturated rings. The molecule has 1 aliphatic rings. The lowest BCUT2D eigenvalue weighted by Gasteiger charge is -2.19. The maximum Gasteiger partial charge on any atom is 0.409 e. The van der Waals surface area contributed by atoms with Crippen LogP contribution in [0.25, 0.3) is 0 Å². The van der Waals surface area contributed by atoms with Gasteiger partial charge < -0.3 is 4.74 Å². The van der Waals surface area contributed by atoms with Gasteiger partial charge in [-0.05, 0) is 0 Å². The lowest BCUT2D eigenvalue weighted by atomic mass is 10.3. The van der Waals surface area contributed by atoms with E-state index in [9.17, 15) is 13.2 Å². The van der Waals surface area contributed by atoms with Gasteiger partial charge in [0, 0.05) is 13.1 Å². The fourth-order valence-corrected chi connectivity index (χ4v) is 1.02. The minimum absolute atomic E-state index is 0.159. The van der Waals surface area contributed by atoms with E-state index in [0.29, 0.717) is 0 Å². The molecule has 0 aromatic carbocycles. The number of hydrazine groups is 1. The molecule has 0 aliphatic carbocycles. The molecule has 0 spiro atoms. The summed E-state index contributed by atoms with van der Waals surface area (Å²) in [6, 6.07) is -1.67. The van der Waals surface area contributed by atoms with Crippen LogP contribution in [0.3, 0.4) is 0 Å². The number of alkyl halides is 3. The van der Waals surface area contributed by atoms with Crippen molar-refractivity contribution in [1.29, 1.82) is 0 Å². The Labute approximate surface area is 79.8 Å². The summed E-state index contributed by atoms with van der Waals surface area (Å²) in [6.45, 7) is 3.58. The highest BCUT2D eigenvalue weighted by atomic mass is 19.4. The fourth-order valence-electron chi connectivity index (χ4n) is 1.02. The van der Waals surface area contributed by atoms with E-state index >= 15 is 0 Å². The van der Waals surface area contributed by atoms with Gasteiger partial charge in [0.2, 0.25) is 5.88 Å². The van der Waals surface area contributed by atoms with Gasteiger partial charge in [-0.25, -0.2) is 5.43 Å². The largest absolute Gasteiger partial charge is 0.474 e. The van der Waals surface area contributed by atoms with Crippen LogP contribution in [-0.2, 0) is 4.74 Å². The van der Waals surface area contributed by atoms with Gasteiger partial charge in [-0.15, -0.1) is 0 Å². The van der Waals surface area contributed by atoms with Crippen molar-refractivity contribution >= 4 is 0 Å². The molecule has 0 bridgehead atoms. The number of nitrogens with one attached hydrogen (secondary N) is 1. The van der Waals surface area contributed by atoms with Crippen LogP contribution in [0.5, 0.6) is 0 Å². The van der Waals surface area contributed by atoms with E-state index < -0.39 is 12.2 Å². The molecule has 0 aromatic heterocycles. The smallest absolute Gasteiger partial charge is 0.409 e. The highest BCUT2D eigenvalue weighted by molar-refractivity contribution is 5.08. The average molecular weight is 208 g/mol. The normalized spacial score (nSPS) is 22.1. The molecule has 14 heavy (non-hydrogen) atoms. The zero-order valence-corrected chi connectivity index (χ0v) is 7.64. The van der Waals surface area contributed by atoms with Crippen LogP contribution in [0.15, 0.2) is 24.6 Å². The fraction of sp³-hybridized carbons (Fsp3) is 0.500. The SMILES string of the molecule is C=CCOC1=CC(C(F)(F)F)NN1C. The first kappa shape index (κ1) is 10.9. The van der Waals surface area contributed by atoms with Crippen LogP contribution in [0, 0.1) is 0 Å². The topological polar surface area (TPSA) is 24.5 Å². The number of hydrogen-bond acceptors (Lipinski definition) is 3. The molecule has 1 aliphatic heterocycles. The van der Waals surface area contributed by atoms with Crippen LogP contribution in [0.4, 0.5) is 13.2 Å². The van der Waals surface area contributed by atoms with Crippen molar-refractivity contribution in [1.82, 2.24) is 10.4 Å². The van der Waals surface area contributed by atoms with E-state index in [-0.39, 0.29) is 12.5 Å². The van der Waals surface area contributed by atoms with E-state index in [4.69, 9.17) is 4.74 Å². The average Bonchev–Trinajstić information content (AvgIpc) is 2.43. The molecule has 1 heterocycles. The Bertz CT molecular complexity index is 249. The van der Waals surface area contributed by atoms with Gasteiger partial charge >= 0.3 is 6.18 Å². The van der Waals surface area contributed by atoms with E-state index in [1.165, 1.54) is 18.1 Å². The summed E-state index contributed by atoms with van der Waals surface area (Å²) in [5, 5.41) is 1.20. The molecule has 1 unspecified atom stereocenters. The minimum atomic E-state index is -4.30. The van der Waals surface area contributed by atoms with Crippen molar-refractivity contribution in [2.45, 2.75) is 12.2 Å². The molecule has 0 saturated carbocycles. The summed E-state index contributed by atoms with van der Waals surface area (Å²) in [4.78, 5) is 0. The summed E-state index contributed by atoms with van der Waals surface area (Å²) in [5.74, 6) is 0.159. The Morgan fingerprint density at radius 1 is 1.71 bits per heavy atom. The zero-order valence-electron chi connectivity index (χ0n) is 7.64. The van der Waals surface area contributed by atoms with Crippen molar-refractivity contribution in [2.24, 2.45) is 0 Å². The Balaban J connectivity index is 2.62. The van der Waals surface area contributed by atoms with Crippen LogP contribution in [0.1, 0.15) is 0 Å². The molecule has 0 saturated heterocycles. The summed E-state index contributed by atoms with van der Waals surface area (Å²) in [7, 11) is 1.46. The summed E-state index contributed by atoms with van der Waals surface area (Å²) >= 11 is 0. The van der Waals surface area contributed by atoms with Gasteiger partial charge in [0.1, 0.15) is 12.6 Å². The summed E-state index contributed by atoms with van der Waals surface area (Å²) < 4.78 is 41.7. The van der Waals surface area contributed by atoms with Crippen molar-refractivity contribution in [2.75, 3.05) is 13.7 Å². The van der Waals surface area contributed by atoms with E-state index in [2.05, 4.69) is 12.0 Å². The first-order chi connectivity index (χ1) is 6.45. The second-order valence-electron chi connectivity index (χ2n) is 2.81. The second kappa shape index (κ2) is 3.91. The third kappa shape index (κ3) is 2.41. The molecule has 1 rings (SSSR count). The van der Waals surface area contributed by atoms with Crippen molar-refractivity contribution in [3.8, 4) is 0 Å². The number of halogens is 3. The Kier molecular flexibility index (Phi) is 3.05. The van der Waals surface area contributed by atoms with E-state index in [0.717, 1.165) is 6.08 Å². The zero-order chi connectivity index (χ0) is 10.8. The van der Waals surface area contributed by atoms with E-state index in [1.807, 2.05) is 0 Å². The molecule has 6 heteroatoms. The quantitative estimate of drug-likeness (QED) is 0.710. The van der Waals surface area contributed by atoms with Gasteiger partial charge in [0.05, 0.1) is 0 Å². The first-order valence-electron chi connectivity index (χ1n) is 3.97. The van der Waals surface area contributed by atoms with Crippen molar-refractivity contribution in [3.63, 3.8) is 0 Å². The second-order valence-corrected chi connectivity index (χ2v) is 2.81. The molecular formula is C8H11F3N2O. The molecule has 1 N–H and O–H groups in total. The van der Waals surface area contributed by atoms with Gasteiger partial charge in [-0.2, -0.15) is 13.2 Å². The molecular weight excluding hydrogens is 197 g/mol. The maximum absolute atomic E-state index is 12.2. The predicted molar refractivity (Wildman–Crippen MR) is 45.0 cm³/mol. The molecule has 0 aromatic rings. The molecule has 0 amide bonds. The van der Waals surface area contributed by atoms with Crippen LogP contribution in [0.2, 0.25) is 0 Å². The van der Waals surface area contributed by atoms with Crippen LogP contribution >= 0.6 is 0 Å². The number of hydrogen-bond donors (Lipinski definition) is 1. The van der Waals surface area contributed by atoms with Crippen LogP contribution in [-0.4, -0.2) is 30.9 Å². The van der Waals surface area contributed by atoms with Gasteiger partial charge in [-0.1, -0.05) is 12.7 Å². The molecule has 0 radical (unpaired) electrons. The molecule has 1 atom stereocenters. The molecule has 80 valence electrons. The van der Waals surface area contributed by atoms with E-state index in [1.54, 1.807) is 0 Å². The third-order valence-corrected chi connectivity index (χ3v) is 1.67. The molecule has 3 nitrogen and oxygen atoms in total. The third-order valence-electron chi connectivity index (χ3n) is 1.67. The number of nitrogens with zero attached hydrogens (tertiary/aromatic N) is 1. The standard InChI is InChI=1S/C8H11F3N2O/c1-3-4-14-7-5-6(8(9,10)11)12-13(7)2/h3,5-6,12H,1,4H2,2H3. The summed E-state index contributed by atoms with van der Waals surface area (Å²) in [6.07, 6.45) is -1.84. The maximum atomic E-state index is 12.2. The van der Waals surface area contributed by atoms with Crippen molar-refractivity contribution < 1.29 is 17.9 Å². The Hall–Kier alpha value is -1.17. The lowest BCUT2D eigenvalue weighted by Crippen LogP contribution is -2.43. The Morgan fingerprint density at radius 2 is 2.36 bits per heavy atom. The monoisotopic (exact) mass is 208 g/mol. The van der Waals surface area contributed by atoms with Gasteiger partial charge in [-0.3, -0.25) is 5.01 Å². The highest BCUT2D eigenvalue weighted by Gasteiger charge is 2.42. The summed E-state index contributed by atoms with van der Waals surface area (Å²) in [5.41, 5.74) is 2.21. The number of ether oxygens (including phenoxy) is 1. The van der Waals surface area contributed by atoms with Crippen LogP contribution < -0.4 is 5.43 Å². The predicted octanol–water partition coefficient (Wildman–Crippen LogP) is 1.41. The lowest BCUT2D eigenvalue weighted by molar-refractivity contribution is -0.149.